The zero-order valence-electron chi connectivity index (χ0n) is 14.0. The quantitative estimate of drug-likeness (QED) is 0.895. The molecule has 128 valence electrons. The topological polar surface area (TPSA) is 97.1 Å². The minimum Gasteiger partial charge on any atom is -0.481 e. The summed E-state index contributed by atoms with van der Waals surface area (Å²) in [6.07, 6.45) is 4.34. The third kappa shape index (κ3) is 3.11. The number of nitrogens with one attached hydrogen (secondary N) is 1. The highest BCUT2D eigenvalue weighted by atomic mass is 16.4. The van der Waals surface area contributed by atoms with Crippen LogP contribution in [0.5, 0.6) is 0 Å². The van der Waals surface area contributed by atoms with E-state index in [2.05, 4.69) is 15.4 Å². The van der Waals surface area contributed by atoms with E-state index >= 15 is 0 Å². The monoisotopic (exact) mass is 330 g/mol. The number of nitrogens with zero attached hydrogens (tertiary/aromatic N) is 3. The Morgan fingerprint density at radius 2 is 2.04 bits per heavy atom. The number of hydrogen-bond acceptors (Lipinski definition) is 4. The molecule has 2 aromatic heterocycles. The van der Waals surface area contributed by atoms with Crippen LogP contribution in [0.4, 0.5) is 0 Å². The van der Waals surface area contributed by atoms with Gasteiger partial charge in [-0.25, -0.2) is 9.67 Å². The summed E-state index contributed by atoms with van der Waals surface area (Å²) in [7, 11) is 0. The van der Waals surface area contributed by atoms with E-state index in [9.17, 15) is 9.59 Å². The fourth-order valence-corrected chi connectivity index (χ4v) is 3.31. The van der Waals surface area contributed by atoms with Crippen molar-refractivity contribution in [3.63, 3.8) is 0 Å². The van der Waals surface area contributed by atoms with Gasteiger partial charge in [0.05, 0.1) is 23.4 Å². The number of carboxylic acids is 1. The number of aromatic nitrogens is 3. The molecule has 1 aliphatic carbocycles. The molecule has 0 aromatic carbocycles. The molecule has 0 radical (unpaired) electrons. The van der Waals surface area contributed by atoms with Crippen molar-refractivity contribution >= 4 is 22.9 Å². The van der Waals surface area contributed by atoms with Gasteiger partial charge >= 0.3 is 5.97 Å². The summed E-state index contributed by atoms with van der Waals surface area (Å²) in [5.74, 6) is -1.17. The molecule has 1 aliphatic rings. The largest absolute Gasteiger partial charge is 0.481 e. The Balaban J connectivity index is 1.72. The SMILES string of the molecule is CCn1ncc2cc(C(=O)NC3CCC(C(=O)O)CC3)c(C)nc21. The first-order valence-electron chi connectivity index (χ1n) is 8.36. The fraction of sp³-hybridized carbons (Fsp3) is 0.529. The molecule has 0 atom stereocenters. The summed E-state index contributed by atoms with van der Waals surface area (Å²) < 4.78 is 1.80. The summed E-state index contributed by atoms with van der Waals surface area (Å²) in [6.45, 7) is 4.55. The van der Waals surface area contributed by atoms with Crippen LogP contribution in [0, 0.1) is 12.8 Å². The van der Waals surface area contributed by atoms with Crippen LogP contribution in [-0.2, 0) is 11.3 Å². The number of rotatable bonds is 4. The summed E-state index contributed by atoms with van der Waals surface area (Å²) in [6, 6.07) is 1.86. The highest BCUT2D eigenvalue weighted by Crippen LogP contribution is 2.25. The Morgan fingerprint density at radius 3 is 2.67 bits per heavy atom. The van der Waals surface area contributed by atoms with Crippen molar-refractivity contribution in [1.29, 1.82) is 0 Å². The lowest BCUT2D eigenvalue weighted by atomic mass is 9.86. The van der Waals surface area contributed by atoms with Gasteiger partial charge in [0.15, 0.2) is 5.65 Å². The highest BCUT2D eigenvalue weighted by molar-refractivity contribution is 5.98. The van der Waals surface area contributed by atoms with Crippen LogP contribution in [0.2, 0.25) is 0 Å². The number of carbonyl (C=O) groups is 2. The maximum Gasteiger partial charge on any atom is 0.306 e. The lowest BCUT2D eigenvalue weighted by Gasteiger charge is -2.27. The van der Waals surface area contributed by atoms with Gasteiger partial charge in [0.25, 0.3) is 5.91 Å². The molecule has 7 nitrogen and oxygen atoms in total. The molecular weight excluding hydrogens is 308 g/mol. The molecule has 24 heavy (non-hydrogen) atoms. The molecule has 2 N–H and O–H groups in total. The van der Waals surface area contributed by atoms with Gasteiger partial charge in [-0.1, -0.05) is 0 Å². The van der Waals surface area contributed by atoms with E-state index in [0.29, 0.717) is 36.9 Å². The maximum absolute atomic E-state index is 12.6. The molecule has 1 amide bonds. The zero-order valence-corrected chi connectivity index (χ0v) is 14.0. The van der Waals surface area contributed by atoms with Gasteiger partial charge in [0.1, 0.15) is 0 Å². The van der Waals surface area contributed by atoms with Crippen LogP contribution < -0.4 is 5.32 Å². The summed E-state index contributed by atoms with van der Waals surface area (Å²) in [5.41, 5.74) is 2.02. The Kier molecular flexibility index (Phi) is 4.51. The smallest absolute Gasteiger partial charge is 0.306 e. The van der Waals surface area contributed by atoms with Crippen LogP contribution in [0.25, 0.3) is 11.0 Å². The average molecular weight is 330 g/mol. The molecule has 0 unspecified atom stereocenters. The van der Waals surface area contributed by atoms with Crippen molar-refractivity contribution in [2.45, 2.75) is 52.1 Å². The standard InChI is InChI=1S/C17H22N4O3/c1-3-21-15-12(9-18-21)8-14(10(2)19-15)16(22)20-13-6-4-11(5-7-13)17(23)24/h8-9,11,13H,3-7H2,1-2H3,(H,20,22)(H,23,24). The molecule has 1 fully saturated rings. The molecule has 7 heteroatoms. The first kappa shape index (κ1) is 16.4. The number of aliphatic carboxylic acids is 1. The molecular formula is C17H22N4O3. The van der Waals surface area contributed by atoms with E-state index in [1.807, 2.05) is 19.9 Å². The van der Waals surface area contributed by atoms with Crippen LogP contribution >= 0.6 is 0 Å². The molecule has 2 heterocycles. The predicted molar refractivity (Wildman–Crippen MR) is 88.8 cm³/mol. The number of carbonyl (C=O) groups excluding carboxylic acids is 1. The number of hydrogen-bond donors (Lipinski definition) is 2. The minimum atomic E-state index is -0.738. The van der Waals surface area contributed by atoms with Gasteiger partial charge in [-0.3, -0.25) is 9.59 Å². The van der Waals surface area contributed by atoms with Crippen LogP contribution in [0.1, 0.15) is 48.7 Å². The van der Waals surface area contributed by atoms with Gasteiger partial charge in [-0.05, 0) is 45.6 Å². The van der Waals surface area contributed by atoms with Gasteiger partial charge < -0.3 is 10.4 Å². The zero-order chi connectivity index (χ0) is 17.3. The number of fused-ring (bicyclic) bond motifs is 1. The van der Waals surface area contributed by atoms with Crippen molar-refractivity contribution in [3.8, 4) is 0 Å². The Morgan fingerprint density at radius 1 is 1.33 bits per heavy atom. The van der Waals surface area contributed by atoms with Crippen molar-refractivity contribution in [2.75, 3.05) is 0 Å². The van der Waals surface area contributed by atoms with Gasteiger partial charge in [-0.2, -0.15) is 5.10 Å². The van der Waals surface area contributed by atoms with Crippen LogP contribution in [-0.4, -0.2) is 37.8 Å². The van der Waals surface area contributed by atoms with Crippen LogP contribution in [0.15, 0.2) is 12.3 Å². The van der Waals surface area contributed by atoms with E-state index in [4.69, 9.17) is 5.11 Å². The van der Waals surface area contributed by atoms with E-state index in [1.54, 1.807) is 10.9 Å². The highest BCUT2D eigenvalue weighted by Gasteiger charge is 2.27. The third-order valence-corrected chi connectivity index (χ3v) is 4.76. The predicted octanol–water partition coefficient (Wildman–Crippen LogP) is 2.13. The van der Waals surface area contributed by atoms with Crippen molar-refractivity contribution in [3.05, 3.63) is 23.5 Å². The molecule has 2 aromatic rings. The molecule has 3 rings (SSSR count). The lowest BCUT2D eigenvalue weighted by molar-refractivity contribution is -0.142. The van der Waals surface area contributed by atoms with Crippen molar-refractivity contribution in [2.24, 2.45) is 5.92 Å². The maximum atomic E-state index is 12.6. The van der Waals surface area contributed by atoms with Gasteiger partial charge in [0, 0.05) is 18.0 Å². The Hall–Kier alpha value is -2.44. The third-order valence-electron chi connectivity index (χ3n) is 4.76. The molecule has 0 saturated heterocycles. The van der Waals surface area contributed by atoms with Crippen molar-refractivity contribution < 1.29 is 14.7 Å². The number of carboxylic acid groups (broad SMARTS) is 1. The Bertz CT molecular complexity index is 775. The second-order valence-electron chi connectivity index (χ2n) is 6.35. The van der Waals surface area contributed by atoms with E-state index < -0.39 is 5.97 Å². The normalized spacial score (nSPS) is 20.9. The molecule has 0 aliphatic heterocycles. The molecule has 1 saturated carbocycles. The van der Waals surface area contributed by atoms with Crippen molar-refractivity contribution in [1.82, 2.24) is 20.1 Å². The number of aryl methyl sites for hydroxylation is 2. The lowest BCUT2D eigenvalue weighted by Crippen LogP contribution is -2.39. The van der Waals surface area contributed by atoms with E-state index in [-0.39, 0.29) is 17.9 Å². The molecule has 0 spiro atoms. The van der Waals surface area contributed by atoms with Gasteiger partial charge in [-0.15, -0.1) is 0 Å². The van der Waals surface area contributed by atoms with Gasteiger partial charge in [0.2, 0.25) is 0 Å². The average Bonchev–Trinajstić information content (AvgIpc) is 2.96. The first-order valence-corrected chi connectivity index (χ1v) is 8.36. The second-order valence-corrected chi connectivity index (χ2v) is 6.35. The number of pyridine rings is 1. The summed E-state index contributed by atoms with van der Waals surface area (Å²) >= 11 is 0. The van der Waals surface area contributed by atoms with E-state index in [0.717, 1.165) is 17.6 Å². The first-order chi connectivity index (χ1) is 11.5. The second kappa shape index (κ2) is 6.59. The molecule has 0 bridgehead atoms. The van der Waals surface area contributed by atoms with E-state index in [1.165, 1.54) is 0 Å². The number of amides is 1. The minimum absolute atomic E-state index is 0.0292. The summed E-state index contributed by atoms with van der Waals surface area (Å²) in [5, 5.41) is 17.2. The summed E-state index contributed by atoms with van der Waals surface area (Å²) in [4.78, 5) is 28.1. The fourth-order valence-electron chi connectivity index (χ4n) is 3.31. The van der Waals surface area contributed by atoms with Crippen LogP contribution in [0.3, 0.4) is 0 Å². The Labute approximate surface area is 140 Å².